The van der Waals surface area contributed by atoms with Gasteiger partial charge in [-0.05, 0) is 51.8 Å². The zero-order valence-electron chi connectivity index (χ0n) is 11.5. The van der Waals surface area contributed by atoms with Crippen LogP contribution in [0.3, 0.4) is 0 Å². The van der Waals surface area contributed by atoms with E-state index in [0.717, 1.165) is 25.1 Å². The molecule has 0 aliphatic carbocycles. The topological polar surface area (TPSA) is 24.5 Å². The standard InChI is InChI=1S/C14H23FN2O/c1-16-10-12-5-6-14(15)13(9-12)11-18-8-4-7-17(2)3/h5-6,9,16H,4,7-8,10-11H2,1-3H3. The molecule has 0 aliphatic rings. The molecule has 0 radical (unpaired) electrons. The van der Waals surface area contributed by atoms with Gasteiger partial charge < -0.3 is 15.0 Å². The fourth-order valence-corrected chi connectivity index (χ4v) is 1.72. The molecule has 1 aromatic carbocycles. The van der Waals surface area contributed by atoms with Crippen molar-refractivity contribution in [2.75, 3.05) is 34.3 Å². The fraction of sp³-hybridized carbons (Fsp3) is 0.571. The number of hydrogen-bond acceptors (Lipinski definition) is 3. The molecule has 3 nitrogen and oxygen atoms in total. The maximum absolute atomic E-state index is 13.5. The number of nitrogens with one attached hydrogen (secondary N) is 1. The minimum atomic E-state index is -0.192. The molecule has 4 heteroatoms. The normalized spacial score (nSPS) is 11.2. The Bertz CT molecular complexity index is 356. The summed E-state index contributed by atoms with van der Waals surface area (Å²) >= 11 is 0. The van der Waals surface area contributed by atoms with Crippen LogP contribution in [0, 0.1) is 5.82 Å². The van der Waals surface area contributed by atoms with Gasteiger partial charge in [-0.2, -0.15) is 0 Å². The summed E-state index contributed by atoms with van der Waals surface area (Å²) in [5.74, 6) is -0.192. The molecule has 0 amide bonds. The first-order valence-electron chi connectivity index (χ1n) is 6.28. The van der Waals surface area contributed by atoms with Crippen molar-refractivity contribution in [2.45, 2.75) is 19.6 Å². The van der Waals surface area contributed by atoms with Crippen LogP contribution in [0.4, 0.5) is 4.39 Å². The molecule has 18 heavy (non-hydrogen) atoms. The van der Waals surface area contributed by atoms with Gasteiger partial charge in [0.25, 0.3) is 0 Å². The van der Waals surface area contributed by atoms with Crippen molar-refractivity contribution < 1.29 is 9.13 Å². The van der Waals surface area contributed by atoms with Gasteiger partial charge in [-0.3, -0.25) is 0 Å². The number of ether oxygens (including phenoxy) is 1. The predicted octanol–water partition coefficient (Wildman–Crippen LogP) is 2.01. The highest BCUT2D eigenvalue weighted by molar-refractivity contribution is 5.24. The van der Waals surface area contributed by atoms with Gasteiger partial charge in [0.05, 0.1) is 6.61 Å². The van der Waals surface area contributed by atoms with Crippen molar-refractivity contribution in [3.05, 3.63) is 35.1 Å². The quantitative estimate of drug-likeness (QED) is 0.718. The Kier molecular flexibility index (Phi) is 6.86. The first kappa shape index (κ1) is 15.1. The van der Waals surface area contributed by atoms with E-state index in [4.69, 9.17) is 4.74 Å². The first-order valence-corrected chi connectivity index (χ1v) is 6.28. The molecule has 0 bridgehead atoms. The Labute approximate surface area is 109 Å². The van der Waals surface area contributed by atoms with Gasteiger partial charge in [-0.1, -0.05) is 6.07 Å². The highest BCUT2D eigenvalue weighted by Crippen LogP contribution is 2.12. The summed E-state index contributed by atoms with van der Waals surface area (Å²) in [6, 6.07) is 5.16. The molecular weight excluding hydrogens is 231 g/mol. The lowest BCUT2D eigenvalue weighted by Gasteiger charge is -2.10. The molecule has 0 aliphatic heterocycles. The maximum atomic E-state index is 13.5. The number of halogens is 1. The highest BCUT2D eigenvalue weighted by Gasteiger charge is 2.03. The molecule has 0 saturated carbocycles. The Morgan fingerprint density at radius 3 is 2.78 bits per heavy atom. The number of benzene rings is 1. The van der Waals surface area contributed by atoms with E-state index in [1.54, 1.807) is 6.07 Å². The lowest BCUT2D eigenvalue weighted by Crippen LogP contribution is -2.14. The summed E-state index contributed by atoms with van der Waals surface area (Å²) in [5.41, 5.74) is 1.71. The molecule has 0 spiro atoms. The van der Waals surface area contributed by atoms with Crippen LogP contribution in [-0.4, -0.2) is 39.2 Å². The monoisotopic (exact) mass is 254 g/mol. The molecular formula is C14H23FN2O. The van der Waals surface area contributed by atoms with Gasteiger partial charge in [-0.25, -0.2) is 4.39 Å². The third kappa shape index (κ3) is 5.58. The molecule has 0 fully saturated rings. The lowest BCUT2D eigenvalue weighted by molar-refractivity contribution is 0.111. The third-order valence-electron chi connectivity index (χ3n) is 2.64. The van der Waals surface area contributed by atoms with Gasteiger partial charge in [-0.15, -0.1) is 0 Å². The highest BCUT2D eigenvalue weighted by atomic mass is 19.1. The predicted molar refractivity (Wildman–Crippen MR) is 72.0 cm³/mol. The molecule has 0 unspecified atom stereocenters. The third-order valence-corrected chi connectivity index (χ3v) is 2.64. The number of rotatable bonds is 8. The van der Waals surface area contributed by atoms with Crippen LogP contribution in [-0.2, 0) is 17.9 Å². The van der Waals surface area contributed by atoms with E-state index in [0.29, 0.717) is 18.8 Å². The Hall–Kier alpha value is -0.970. The Morgan fingerprint density at radius 2 is 2.11 bits per heavy atom. The minimum absolute atomic E-state index is 0.192. The summed E-state index contributed by atoms with van der Waals surface area (Å²) < 4.78 is 19.0. The van der Waals surface area contributed by atoms with Crippen molar-refractivity contribution in [3.63, 3.8) is 0 Å². The van der Waals surface area contributed by atoms with E-state index < -0.39 is 0 Å². The average Bonchev–Trinajstić information content (AvgIpc) is 2.32. The minimum Gasteiger partial charge on any atom is -0.377 e. The molecule has 0 heterocycles. The summed E-state index contributed by atoms with van der Waals surface area (Å²) in [6.07, 6.45) is 0.963. The van der Waals surface area contributed by atoms with Gasteiger partial charge in [0.1, 0.15) is 5.82 Å². The van der Waals surface area contributed by atoms with Crippen LogP contribution in [0.15, 0.2) is 18.2 Å². The van der Waals surface area contributed by atoms with Gasteiger partial charge in [0.15, 0.2) is 0 Å². The molecule has 0 aromatic heterocycles. The van der Waals surface area contributed by atoms with Crippen molar-refractivity contribution in [2.24, 2.45) is 0 Å². The Morgan fingerprint density at radius 1 is 1.33 bits per heavy atom. The number of hydrogen-bond donors (Lipinski definition) is 1. The van der Waals surface area contributed by atoms with Crippen LogP contribution < -0.4 is 5.32 Å². The fourth-order valence-electron chi connectivity index (χ4n) is 1.72. The molecule has 102 valence electrons. The van der Waals surface area contributed by atoms with Gasteiger partial charge in [0, 0.05) is 18.7 Å². The zero-order valence-corrected chi connectivity index (χ0v) is 11.5. The summed E-state index contributed by atoms with van der Waals surface area (Å²) in [4.78, 5) is 2.11. The number of nitrogens with zero attached hydrogens (tertiary/aromatic N) is 1. The molecule has 0 atom stereocenters. The molecule has 0 saturated heterocycles. The van der Waals surface area contributed by atoms with E-state index in [-0.39, 0.29) is 5.82 Å². The van der Waals surface area contributed by atoms with Crippen molar-refractivity contribution in [3.8, 4) is 0 Å². The lowest BCUT2D eigenvalue weighted by atomic mass is 10.1. The molecule has 1 rings (SSSR count). The molecule has 1 aromatic rings. The second-order valence-corrected chi connectivity index (χ2v) is 4.67. The van der Waals surface area contributed by atoms with Crippen molar-refractivity contribution in [1.29, 1.82) is 0 Å². The van der Waals surface area contributed by atoms with Crippen LogP contribution in [0.2, 0.25) is 0 Å². The van der Waals surface area contributed by atoms with Crippen molar-refractivity contribution >= 4 is 0 Å². The van der Waals surface area contributed by atoms with Crippen LogP contribution in [0.5, 0.6) is 0 Å². The van der Waals surface area contributed by atoms with Gasteiger partial charge in [0.2, 0.25) is 0 Å². The molecule has 1 N–H and O–H groups in total. The smallest absolute Gasteiger partial charge is 0.128 e. The van der Waals surface area contributed by atoms with E-state index in [2.05, 4.69) is 10.2 Å². The average molecular weight is 254 g/mol. The SMILES string of the molecule is CNCc1ccc(F)c(COCCCN(C)C)c1. The summed E-state index contributed by atoms with van der Waals surface area (Å²) in [7, 11) is 5.93. The van der Waals surface area contributed by atoms with E-state index in [1.807, 2.05) is 27.2 Å². The van der Waals surface area contributed by atoms with Crippen LogP contribution >= 0.6 is 0 Å². The van der Waals surface area contributed by atoms with Crippen molar-refractivity contribution in [1.82, 2.24) is 10.2 Å². The van der Waals surface area contributed by atoms with Crippen LogP contribution in [0.1, 0.15) is 17.5 Å². The maximum Gasteiger partial charge on any atom is 0.128 e. The second-order valence-electron chi connectivity index (χ2n) is 4.67. The van der Waals surface area contributed by atoms with Gasteiger partial charge >= 0.3 is 0 Å². The van der Waals surface area contributed by atoms with Crippen LogP contribution in [0.25, 0.3) is 0 Å². The zero-order chi connectivity index (χ0) is 13.4. The largest absolute Gasteiger partial charge is 0.377 e. The first-order chi connectivity index (χ1) is 8.63. The van der Waals surface area contributed by atoms with E-state index in [9.17, 15) is 4.39 Å². The Balaban J connectivity index is 2.38. The second kappa shape index (κ2) is 8.19. The summed E-state index contributed by atoms with van der Waals surface area (Å²) in [5, 5.41) is 3.05. The van der Waals surface area contributed by atoms with E-state index in [1.165, 1.54) is 6.07 Å². The van der Waals surface area contributed by atoms with E-state index >= 15 is 0 Å². The summed E-state index contributed by atoms with van der Waals surface area (Å²) in [6.45, 7) is 2.74.